The van der Waals surface area contributed by atoms with E-state index in [4.69, 9.17) is 11.6 Å². The first kappa shape index (κ1) is 12.6. The van der Waals surface area contributed by atoms with Gasteiger partial charge in [-0.2, -0.15) is 0 Å². The summed E-state index contributed by atoms with van der Waals surface area (Å²) in [6.07, 6.45) is 0. The molecule has 2 nitrogen and oxygen atoms in total. The Labute approximate surface area is 111 Å². The Hall–Kier alpha value is -0.900. The molecule has 0 radical (unpaired) electrons. The highest BCUT2D eigenvalue weighted by molar-refractivity contribution is 7.09. The molecule has 0 amide bonds. The van der Waals surface area contributed by atoms with E-state index >= 15 is 0 Å². The lowest BCUT2D eigenvalue weighted by Crippen LogP contribution is -2.17. The van der Waals surface area contributed by atoms with Crippen LogP contribution in [-0.4, -0.2) is 4.98 Å². The van der Waals surface area contributed by atoms with E-state index in [-0.39, 0.29) is 6.04 Å². The van der Waals surface area contributed by atoms with Gasteiger partial charge in [-0.15, -0.1) is 11.3 Å². The van der Waals surface area contributed by atoms with E-state index in [0.717, 1.165) is 17.3 Å². The summed E-state index contributed by atoms with van der Waals surface area (Å²) in [6.45, 7) is 5.03. The molecule has 1 atom stereocenters. The smallest absolute Gasteiger partial charge is 0.0798 e. The molecular formula is C13H15ClN2S. The van der Waals surface area contributed by atoms with Crippen molar-refractivity contribution in [3.8, 4) is 0 Å². The Kier molecular flexibility index (Phi) is 4.15. The van der Waals surface area contributed by atoms with Gasteiger partial charge in [0.25, 0.3) is 0 Å². The number of halogens is 1. The molecule has 0 spiro atoms. The van der Waals surface area contributed by atoms with Crippen LogP contribution >= 0.6 is 22.9 Å². The standard InChI is InChI=1S/C13H15ClN2S/c1-9(11-4-3-5-12(14)6-11)15-7-13-10(2)16-8-17-13/h3-6,8-9,15H,7H2,1-2H3/t9-/m1/s1. The summed E-state index contributed by atoms with van der Waals surface area (Å²) in [7, 11) is 0. The molecule has 0 aliphatic carbocycles. The van der Waals surface area contributed by atoms with Gasteiger partial charge in [-0.1, -0.05) is 23.7 Å². The third-order valence-corrected chi connectivity index (χ3v) is 3.93. The Morgan fingerprint density at radius 1 is 1.47 bits per heavy atom. The summed E-state index contributed by atoms with van der Waals surface area (Å²) in [5, 5.41) is 4.26. The minimum atomic E-state index is 0.287. The number of aryl methyl sites for hydroxylation is 1. The molecule has 0 saturated heterocycles. The number of rotatable bonds is 4. The number of nitrogens with one attached hydrogen (secondary N) is 1. The van der Waals surface area contributed by atoms with Crippen LogP contribution in [0.1, 0.15) is 29.1 Å². The van der Waals surface area contributed by atoms with Crippen molar-refractivity contribution in [2.24, 2.45) is 0 Å². The second-order valence-corrected chi connectivity index (χ2v) is 5.39. The number of nitrogens with zero attached hydrogens (tertiary/aromatic N) is 1. The lowest BCUT2D eigenvalue weighted by Gasteiger charge is -2.14. The van der Waals surface area contributed by atoms with Crippen molar-refractivity contribution < 1.29 is 0 Å². The first-order chi connectivity index (χ1) is 8.16. The van der Waals surface area contributed by atoms with Crippen molar-refractivity contribution in [2.75, 3.05) is 0 Å². The van der Waals surface area contributed by atoms with Crippen molar-refractivity contribution in [1.29, 1.82) is 0 Å². The molecule has 0 fully saturated rings. The van der Waals surface area contributed by atoms with Crippen molar-refractivity contribution in [3.63, 3.8) is 0 Å². The lowest BCUT2D eigenvalue weighted by atomic mass is 10.1. The van der Waals surface area contributed by atoms with Crippen molar-refractivity contribution >= 4 is 22.9 Å². The first-order valence-electron chi connectivity index (χ1n) is 5.54. The molecule has 1 aromatic carbocycles. The Bertz CT molecular complexity index is 496. The van der Waals surface area contributed by atoms with Crippen LogP contribution in [0.3, 0.4) is 0 Å². The third-order valence-electron chi connectivity index (χ3n) is 2.76. The molecule has 2 rings (SSSR count). The summed E-state index contributed by atoms with van der Waals surface area (Å²) in [5.41, 5.74) is 4.21. The van der Waals surface area contributed by atoms with E-state index in [1.807, 2.05) is 30.6 Å². The highest BCUT2D eigenvalue weighted by atomic mass is 35.5. The fourth-order valence-corrected chi connectivity index (χ4v) is 2.56. The molecule has 90 valence electrons. The van der Waals surface area contributed by atoms with Gasteiger partial charge in [-0.25, -0.2) is 4.98 Å². The van der Waals surface area contributed by atoms with Crippen LogP contribution in [-0.2, 0) is 6.54 Å². The van der Waals surface area contributed by atoms with E-state index in [2.05, 4.69) is 23.3 Å². The molecule has 0 saturated carbocycles. The van der Waals surface area contributed by atoms with E-state index in [9.17, 15) is 0 Å². The SMILES string of the molecule is Cc1ncsc1CN[C@H](C)c1cccc(Cl)c1. The van der Waals surface area contributed by atoms with Crippen molar-refractivity contribution in [2.45, 2.75) is 26.4 Å². The molecule has 1 heterocycles. The Morgan fingerprint density at radius 2 is 2.29 bits per heavy atom. The van der Waals surface area contributed by atoms with Crippen LogP contribution in [0.25, 0.3) is 0 Å². The topological polar surface area (TPSA) is 24.9 Å². The molecule has 1 aromatic heterocycles. The molecule has 0 aliphatic heterocycles. The number of thiazole rings is 1. The maximum atomic E-state index is 5.98. The highest BCUT2D eigenvalue weighted by Crippen LogP contribution is 2.19. The van der Waals surface area contributed by atoms with Crippen LogP contribution in [0, 0.1) is 6.92 Å². The molecule has 1 N–H and O–H groups in total. The predicted octanol–water partition coefficient (Wildman–Crippen LogP) is 3.96. The minimum Gasteiger partial charge on any atom is -0.305 e. The number of hydrogen-bond acceptors (Lipinski definition) is 3. The summed E-state index contributed by atoms with van der Waals surface area (Å²) in [4.78, 5) is 5.53. The monoisotopic (exact) mass is 266 g/mol. The summed E-state index contributed by atoms with van der Waals surface area (Å²) >= 11 is 7.67. The zero-order valence-corrected chi connectivity index (χ0v) is 11.5. The van der Waals surface area contributed by atoms with Gasteiger partial charge in [-0.05, 0) is 31.5 Å². The number of hydrogen-bond donors (Lipinski definition) is 1. The predicted molar refractivity (Wildman–Crippen MR) is 73.6 cm³/mol. The molecule has 2 aromatic rings. The van der Waals surface area contributed by atoms with Crippen LogP contribution in [0.2, 0.25) is 5.02 Å². The molecule has 0 bridgehead atoms. The Balaban J connectivity index is 1.98. The summed E-state index contributed by atoms with van der Waals surface area (Å²) in [5.74, 6) is 0. The third kappa shape index (κ3) is 3.28. The molecule has 17 heavy (non-hydrogen) atoms. The maximum Gasteiger partial charge on any atom is 0.0798 e. The van der Waals surface area contributed by atoms with Crippen molar-refractivity contribution in [1.82, 2.24) is 10.3 Å². The quantitative estimate of drug-likeness (QED) is 0.906. The summed E-state index contributed by atoms with van der Waals surface area (Å²) < 4.78 is 0. The van der Waals surface area contributed by atoms with E-state index in [1.165, 1.54) is 10.4 Å². The average molecular weight is 267 g/mol. The number of aromatic nitrogens is 1. The molecule has 0 unspecified atom stereocenters. The largest absolute Gasteiger partial charge is 0.305 e. The van der Waals surface area contributed by atoms with Gasteiger partial charge >= 0.3 is 0 Å². The van der Waals surface area contributed by atoms with E-state index in [1.54, 1.807) is 11.3 Å². The van der Waals surface area contributed by atoms with Gasteiger partial charge in [0.05, 0.1) is 11.2 Å². The van der Waals surface area contributed by atoms with Crippen LogP contribution in [0.4, 0.5) is 0 Å². The van der Waals surface area contributed by atoms with Crippen LogP contribution < -0.4 is 5.32 Å². The van der Waals surface area contributed by atoms with Gasteiger partial charge in [-0.3, -0.25) is 0 Å². The Morgan fingerprint density at radius 3 is 2.94 bits per heavy atom. The van der Waals surface area contributed by atoms with Crippen molar-refractivity contribution in [3.05, 3.63) is 50.9 Å². The van der Waals surface area contributed by atoms with Crippen LogP contribution in [0.5, 0.6) is 0 Å². The highest BCUT2D eigenvalue weighted by Gasteiger charge is 2.07. The maximum absolute atomic E-state index is 5.98. The van der Waals surface area contributed by atoms with Gasteiger partial charge in [0.2, 0.25) is 0 Å². The average Bonchev–Trinajstić information content (AvgIpc) is 2.72. The first-order valence-corrected chi connectivity index (χ1v) is 6.80. The minimum absolute atomic E-state index is 0.287. The zero-order chi connectivity index (χ0) is 12.3. The van der Waals surface area contributed by atoms with Gasteiger partial charge < -0.3 is 5.32 Å². The number of benzene rings is 1. The summed E-state index contributed by atoms with van der Waals surface area (Å²) in [6, 6.07) is 8.25. The normalized spacial score (nSPS) is 12.6. The van der Waals surface area contributed by atoms with Gasteiger partial charge in [0.15, 0.2) is 0 Å². The fourth-order valence-electron chi connectivity index (χ4n) is 1.64. The van der Waals surface area contributed by atoms with E-state index < -0.39 is 0 Å². The van der Waals surface area contributed by atoms with Crippen LogP contribution in [0.15, 0.2) is 29.8 Å². The molecular weight excluding hydrogens is 252 g/mol. The molecule has 4 heteroatoms. The second-order valence-electron chi connectivity index (χ2n) is 4.02. The fraction of sp³-hybridized carbons (Fsp3) is 0.308. The zero-order valence-electron chi connectivity index (χ0n) is 9.90. The molecule has 0 aliphatic rings. The van der Waals surface area contributed by atoms with Gasteiger partial charge in [0, 0.05) is 22.5 Å². The lowest BCUT2D eigenvalue weighted by molar-refractivity contribution is 0.577. The van der Waals surface area contributed by atoms with E-state index in [0.29, 0.717) is 0 Å². The second kappa shape index (κ2) is 5.63. The van der Waals surface area contributed by atoms with Gasteiger partial charge in [0.1, 0.15) is 0 Å².